The van der Waals surface area contributed by atoms with E-state index in [1.54, 1.807) is 0 Å². The number of benzene rings is 1. The van der Waals surface area contributed by atoms with E-state index in [-0.39, 0.29) is 5.78 Å². The molecule has 104 valence electrons. The Morgan fingerprint density at radius 3 is 2.89 bits per heavy atom. The second-order valence-electron chi connectivity index (χ2n) is 5.16. The standard InChI is InChI=1S/C16H23NO2/c1-2-11-19-15-9-6-10-17(12-15)13-16(18)14-7-4-3-5-8-14/h3-5,7-8,15H,2,6,9-13H2,1H3. The van der Waals surface area contributed by atoms with Gasteiger partial charge in [0.1, 0.15) is 0 Å². The second kappa shape index (κ2) is 7.41. The summed E-state index contributed by atoms with van der Waals surface area (Å²) in [5, 5.41) is 0. The van der Waals surface area contributed by atoms with Crippen LogP contribution in [0.2, 0.25) is 0 Å². The first kappa shape index (κ1) is 14.2. The maximum absolute atomic E-state index is 12.2. The minimum absolute atomic E-state index is 0.205. The molecule has 0 spiro atoms. The first-order valence-electron chi connectivity index (χ1n) is 7.22. The predicted molar refractivity (Wildman–Crippen MR) is 76.5 cm³/mol. The smallest absolute Gasteiger partial charge is 0.176 e. The van der Waals surface area contributed by atoms with Gasteiger partial charge in [0.05, 0.1) is 12.6 Å². The predicted octanol–water partition coefficient (Wildman–Crippen LogP) is 2.76. The maximum Gasteiger partial charge on any atom is 0.176 e. The third-order valence-corrected chi connectivity index (χ3v) is 3.48. The Balaban J connectivity index is 1.83. The van der Waals surface area contributed by atoms with Gasteiger partial charge in [-0.1, -0.05) is 37.3 Å². The summed E-state index contributed by atoms with van der Waals surface area (Å²) in [6.45, 7) is 5.35. The Hall–Kier alpha value is -1.19. The van der Waals surface area contributed by atoms with Crippen LogP contribution in [0.4, 0.5) is 0 Å². The van der Waals surface area contributed by atoms with Crippen molar-refractivity contribution in [1.29, 1.82) is 0 Å². The number of piperidine rings is 1. The largest absolute Gasteiger partial charge is 0.377 e. The van der Waals surface area contributed by atoms with E-state index in [1.165, 1.54) is 0 Å². The SMILES string of the molecule is CCCOC1CCCN(CC(=O)c2ccccc2)C1. The van der Waals surface area contributed by atoms with Gasteiger partial charge in [0.25, 0.3) is 0 Å². The lowest BCUT2D eigenvalue weighted by Gasteiger charge is -2.32. The number of rotatable bonds is 6. The van der Waals surface area contributed by atoms with Crippen molar-refractivity contribution in [2.24, 2.45) is 0 Å². The van der Waals surface area contributed by atoms with Gasteiger partial charge >= 0.3 is 0 Å². The molecule has 1 aliphatic rings. The van der Waals surface area contributed by atoms with Crippen molar-refractivity contribution in [2.75, 3.05) is 26.2 Å². The van der Waals surface area contributed by atoms with Crippen LogP contribution in [0.5, 0.6) is 0 Å². The molecule has 1 atom stereocenters. The van der Waals surface area contributed by atoms with Crippen molar-refractivity contribution >= 4 is 5.78 Å². The first-order chi connectivity index (χ1) is 9.29. The Morgan fingerprint density at radius 1 is 1.37 bits per heavy atom. The maximum atomic E-state index is 12.2. The molecule has 19 heavy (non-hydrogen) atoms. The van der Waals surface area contributed by atoms with Gasteiger partial charge in [0.15, 0.2) is 5.78 Å². The summed E-state index contributed by atoms with van der Waals surface area (Å²) in [6.07, 6.45) is 3.60. The molecule has 1 aliphatic heterocycles. The third kappa shape index (κ3) is 4.44. The van der Waals surface area contributed by atoms with E-state index in [1.807, 2.05) is 30.3 Å². The molecule has 0 aliphatic carbocycles. The fourth-order valence-electron chi connectivity index (χ4n) is 2.50. The highest BCUT2D eigenvalue weighted by Crippen LogP contribution is 2.14. The number of likely N-dealkylation sites (tertiary alicyclic amines) is 1. The van der Waals surface area contributed by atoms with Crippen LogP contribution in [0.25, 0.3) is 0 Å². The van der Waals surface area contributed by atoms with Crippen molar-refractivity contribution < 1.29 is 9.53 Å². The van der Waals surface area contributed by atoms with Crippen molar-refractivity contribution in [2.45, 2.75) is 32.3 Å². The summed E-state index contributed by atoms with van der Waals surface area (Å²) in [4.78, 5) is 14.4. The van der Waals surface area contributed by atoms with Crippen LogP contribution >= 0.6 is 0 Å². The molecule has 1 heterocycles. The number of carbonyl (C=O) groups is 1. The summed E-state index contributed by atoms with van der Waals surface area (Å²) in [5.41, 5.74) is 0.805. The summed E-state index contributed by atoms with van der Waals surface area (Å²) < 4.78 is 5.80. The molecular weight excluding hydrogens is 238 g/mol. The van der Waals surface area contributed by atoms with Crippen LogP contribution in [-0.2, 0) is 4.74 Å². The molecule has 1 aromatic rings. The van der Waals surface area contributed by atoms with Crippen LogP contribution in [0.15, 0.2) is 30.3 Å². The summed E-state index contributed by atoms with van der Waals surface area (Å²) >= 11 is 0. The summed E-state index contributed by atoms with van der Waals surface area (Å²) in [7, 11) is 0. The monoisotopic (exact) mass is 261 g/mol. The molecule has 0 saturated carbocycles. The van der Waals surface area contributed by atoms with E-state index < -0.39 is 0 Å². The quantitative estimate of drug-likeness (QED) is 0.737. The molecule has 1 fully saturated rings. The van der Waals surface area contributed by atoms with Gasteiger partial charge in [-0.05, 0) is 25.8 Å². The van der Waals surface area contributed by atoms with Crippen LogP contribution in [0.3, 0.4) is 0 Å². The molecule has 0 N–H and O–H groups in total. The molecule has 0 radical (unpaired) electrons. The average molecular weight is 261 g/mol. The topological polar surface area (TPSA) is 29.5 Å². The second-order valence-corrected chi connectivity index (χ2v) is 5.16. The van der Waals surface area contributed by atoms with Gasteiger partial charge in [0.2, 0.25) is 0 Å². The minimum atomic E-state index is 0.205. The Morgan fingerprint density at radius 2 is 2.16 bits per heavy atom. The Labute approximate surface area is 115 Å². The number of Topliss-reactive ketones (excluding diaryl/α,β-unsaturated/α-hetero) is 1. The van der Waals surface area contributed by atoms with Gasteiger partial charge in [-0.2, -0.15) is 0 Å². The molecule has 3 nitrogen and oxygen atoms in total. The van der Waals surface area contributed by atoms with E-state index in [2.05, 4.69) is 11.8 Å². The zero-order valence-electron chi connectivity index (χ0n) is 11.7. The number of hydrogen-bond acceptors (Lipinski definition) is 3. The molecule has 0 aromatic heterocycles. The zero-order valence-corrected chi connectivity index (χ0v) is 11.7. The lowest BCUT2D eigenvalue weighted by Crippen LogP contribution is -2.42. The van der Waals surface area contributed by atoms with Crippen LogP contribution in [0, 0.1) is 0 Å². The fourth-order valence-corrected chi connectivity index (χ4v) is 2.50. The van der Waals surface area contributed by atoms with Crippen molar-refractivity contribution in [1.82, 2.24) is 4.90 Å². The van der Waals surface area contributed by atoms with E-state index in [9.17, 15) is 4.79 Å². The molecule has 1 unspecified atom stereocenters. The minimum Gasteiger partial charge on any atom is -0.377 e. The molecule has 2 rings (SSSR count). The summed E-state index contributed by atoms with van der Waals surface area (Å²) in [5.74, 6) is 0.205. The molecule has 0 bridgehead atoms. The first-order valence-corrected chi connectivity index (χ1v) is 7.22. The fraction of sp³-hybridized carbons (Fsp3) is 0.562. The number of hydrogen-bond donors (Lipinski definition) is 0. The number of nitrogens with zero attached hydrogens (tertiary/aromatic N) is 1. The van der Waals surface area contributed by atoms with Gasteiger partial charge in [-0.3, -0.25) is 9.69 Å². The highest BCUT2D eigenvalue weighted by molar-refractivity contribution is 5.97. The third-order valence-electron chi connectivity index (χ3n) is 3.48. The van der Waals surface area contributed by atoms with E-state index in [0.717, 1.165) is 44.5 Å². The number of carbonyl (C=O) groups excluding carboxylic acids is 1. The molecule has 0 amide bonds. The van der Waals surface area contributed by atoms with Crippen molar-refractivity contribution in [3.8, 4) is 0 Å². The number of ether oxygens (including phenoxy) is 1. The van der Waals surface area contributed by atoms with Crippen LogP contribution in [-0.4, -0.2) is 43.0 Å². The molecule has 1 saturated heterocycles. The summed E-state index contributed by atoms with van der Waals surface area (Å²) in [6, 6.07) is 9.54. The lowest BCUT2D eigenvalue weighted by molar-refractivity contribution is 0.00131. The van der Waals surface area contributed by atoms with Gasteiger partial charge in [-0.25, -0.2) is 0 Å². The van der Waals surface area contributed by atoms with Gasteiger partial charge in [-0.15, -0.1) is 0 Å². The molecular formula is C16H23NO2. The Bertz CT molecular complexity index is 391. The highest BCUT2D eigenvalue weighted by atomic mass is 16.5. The zero-order chi connectivity index (χ0) is 13.5. The lowest BCUT2D eigenvalue weighted by atomic mass is 10.1. The van der Waals surface area contributed by atoms with Gasteiger partial charge < -0.3 is 4.74 Å². The molecule has 1 aromatic carbocycles. The van der Waals surface area contributed by atoms with Crippen LogP contribution in [0.1, 0.15) is 36.5 Å². The Kier molecular flexibility index (Phi) is 5.55. The van der Waals surface area contributed by atoms with E-state index >= 15 is 0 Å². The van der Waals surface area contributed by atoms with Crippen molar-refractivity contribution in [3.63, 3.8) is 0 Å². The van der Waals surface area contributed by atoms with Crippen LogP contribution < -0.4 is 0 Å². The van der Waals surface area contributed by atoms with E-state index in [4.69, 9.17) is 4.74 Å². The average Bonchev–Trinajstić information content (AvgIpc) is 2.46. The number of ketones is 1. The van der Waals surface area contributed by atoms with E-state index in [0.29, 0.717) is 12.6 Å². The molecule has 3 heteroatoms. The highest BCUT2D eigenvalue weighted by Gasteiger charge is 2.22. The van der Waals surface area contributed by atoms with Gasteiger partial charge in [0, 0.05) is 18.7 Å². The normalized spacial score (nSPS) is 20.4. The van der Waals surface area contributed by atoms with Crippen molar-refractivity contribution in [3.05, 3.63) is 35.9 Å².